The van der Waals surface area contributed by atoms with E-state index in [-0.39, 0.29) is 0 Å². The molecule has 0 unspecified atom stereocenters. The molecule has 2 aliphatic rings. The molecule has 1 fully saturated rings. The molecule has 0 atom stereocenters. The Morgan fingerprint density at radius 2 is 2.15 bits per heavy atom. The molecule has 1 aliphatic heterocycles. The molecule has 1 aliphatic carbocycles. The Bertz CT molecular complexity index is 605. The molecule has 7 heteroatoms. The third-order valence-corrected chi connectivity index (χ3v) is 5.31. The van der Waals surface area contributed by atoms with Crippen molar-refractivity contribution in [1.82, 2.24) is 14.1 Å². The summed E-state index contributed by atoms with van der Waals surface area (Å²) in [6, 6.07) is 0. The van der Waals surface area contributed by atoms with Gasteiger partial charge in [0.1, 0.15) is 0 Å². The highest BCUT2D eigenvalue weighted by Crippen LogP contribution is 2.33. The van der Waals surface area contributed by atoms with Gasteiger partial charge in [-0.15, -0.1) is 0 Å². The molecule has 0 aromatic carbocycles. The quantitative estimate of drug-likeness (QED) is 0.805. The summed E-state index contributed by atoms with van der Waals surface area (Å²) in [4.78, 5) is 0. The SMILES string of the molecule is COCc1nn(CC2CC2)c2c1CN(S(C)(=O)=O)CC2. The third kappa shape index (κ3) is 2.75. The van der Waals surface area contributed by atoms with E-state index in [0.717, 1.165) is 30.1 Å². The molecule has 3 rings (SSSR count). The normalized spacial score (nSPS) is 20.1. The van der Waals surface area contributed by atoms with E-state index in [1.165, 1.54) is 29.1 Å². The average molecular weight is 299 g/mol. The zero-order valence-electron chi connectivity index (χ0n) is 12.0. The molecule has 0 saturated heterocycles. The summed E-state index contributed by atoms with van der Waals surface area (Å²) in [5.41, 5.74) is 3.13. The van der Waals surface area contributed by atoms with Crippen LogP contribution >= 0.6 is 0 Å². The van der Waals surface area contributed by atoms with Crippen LogP contribution in [0, 0.1) is 5.92 Å². The molecular formula is C13H21N3O3S. The Balaban J connectivity index is 1.91. The van der Waals surface area contributed by atoms with Gasteiger partial charge < -0.3 is 4.74 Å². The van der Waals surface area contributed by atoms with Gasteiger partial charge in [-0.3, -0.25) is 4.68 Å². The van der Waals surface area contributed by atoms with Crippen LogP contribution in [0.5, 0.6) is 0 Å². The minimum Gasteiger partial charge on any atom is -0.378 e. The van der Waals surface area contributed by atoms with Gasteiger partial charge in [-0.25, -0.2) is 8.42 Å². The summed E-state index contributed by atoms with van der Waals surface area (Å²) in [6.07, 6.45) is 4.57. The highest BCUT2D eigenvalue weighted by atomic mass is 32.2. The topological polar surface area (TPSA) is 64.4 Å². The van der Waals surface area contributed by atoms with E-state index in [1.807, 2.05) is 0 Å². The lowest BCUT2D eigenvalue weighted by atomic mass is 10.1. The van der Waals surface area contributed by atoms with Crippen LogP contribution in [0.4, 0.5) is 0 Å². The lowest BCUT2D eigenvalue weighted by Crippen LogP contribution is -2.35. The number of methoxy groups -OCH3 is 1. The summed E-state index contributed by atoms with van der Waals surface area (Å²) in [5.74, 6) is 0.752. The second-order valence-electron chi connectivity index (χ2n) is 5.78. The maximum absolute atomic E-state index is 11.7. The Morgan fingerprint density at radius 1 is 1.40 bits per heavy atom. The van der Waals surface area contributed by atoms with Crippen molar-refractivity contribution >= 4 is 10.0 Å². The standard InChI is InChI=1S/C13H21N3O3S/c1-19-9-12-11-8-15(20(2,17)18)6-5-13(11)16(14-12)7-10-3-4-10/h10H,3-9H2,1-2H3. The summed E-state index contributed by atoms with van der Waals surface area (Å²) in [5, 5.41) is 4.65. The van der Waals surface area contributed by atoms with Crippen LogP contribution < -0.4 is 0 Å². The van der Waals surface area contributed by atoms with Crippen molar-refractivity contribution in [3.63, 3.8) is 0 Å². The number of hydrogen-bond donors (Lipinski definition) is 0. The van der Waals surface area contributed by atoms with Crippen LogP contribution in [0.1, 0.15) is 29.8 Å². The van der Waals surface area contributed by atoms with Crippen LogP contribution in [0.15, 0.2) is 0 Å². The fourth-order valence-corrected chi connectivity index (χ4v) is 3.56. The lowest BCUT2D eigenvalue weighted by Gasteiger charge is -2.25. The predicted octanol–water partition coefficient (Wildman–Crippen LogP) is 0.757. The van der Waals surface area contributed by atoms with Crippen molar-refractivity contribution in [1.29, 1.82) is 0 Å². The summed E-state index contributed by atoms with van der Waals surface area (Å²) in [6.45, 7) is 2.38. The Hall–Kier alpha value is -0.920. The van der Waals surface area contributed by atoms with Gasteiger partial charge in [-0.2, -0.15) is 9.40 Å². The average Bonchev–Trinajstić information content (AvgIpc) is 3.13. The second kappa shape index (κ2) is 5.13. The minimum absolute atomic E-state index is 0.428. The largest absolute Gasteiger partial charge is 0.378 e. The maximum Gasteiger partial charge on any atom is 0.211 e. The van der Waals surface area contributed by atoms with Crippen LogP contribution in [-0.4, -0.2) is 42.4 Å². The second-order valence-corrected chi connectivity index (χ2v) is 7.76. The van der Waals surface area contributed by atoms with Gasteiger partial charge in [0.25, 0.3) is 0 Å². The molecule has 6 nitrogen and oxygen atoms in total. The van der Waals surface area contributed by atoms with Gasteiger partial charge in [0.15, 0.2) is 0 Å². The molecule has 112 valence electrons. The van der Waals surface area contributed by atoms with E-state index < -0.39 is 10.0 Å². The summed E-state index contributed by atoms with van der Waals surface area (Å²) < 4.78 is 32.3. The molecule has 1 aromatic heterocycles. The first-order chi connectivity index (χ1) is 9.49. The predicted molar refractivity (Wildman–Crippen MR) is 74.6 cm³/mol. The third-order valence-electron chi connectivity index (χ3n) is 4.06. The first-order valence-corrected chi connectivity index (χ1v) is 8.85. The van der Waals surface area contributed by atoms with Gasteiger partial charge in [0, 0.05) is 44.4 Å². The number of ether oxygens (including phenoxy) is 1. The van der Waals surface area contributed by atoms with Crippen LogP contribution in [0.3, 0.4) is 0 Å². The molecule has 1 saturated carbocycles. The number of fused-ring (bicyclic) bond motifs is 1. The van der Waals surface area contributed by atoms with Gasteiger partial charge in [0.05, 0.1) is 18.6 Å². The fourth-order valence-electron chi connectivity index (χ4n) is 2.77. The van der Waals surface area contributed by atoms with Crippen molar-refractivity contribution in [2.24, 2.45) is 5.92 Å². The zero-order chi connectivity index (χ0) is 14.3. The van der Waals surface area contributed by atoms with Gasteiger partial charge in [0.2, 0.25) is 10.0 Å². The molecule has 0 bridgehead atoms. The van der Waals surface area contributed by atoms with E-state index >= 15 is 0 Å². The highest BCUT2D eigenvalue weighted by Gasteiger charge is 2.31. The minimum atomic E-state index is -3.15. The van der Waals surface area contributed by atoms with E-state index in [1.54, 1.807) is 7.11 Å². The molecule has 0 radical (unpaired) electrons. The van der Waals surface area contributed by atoms with Crippen LogP contribution in [0.2, 0.25) is 0 Å². The molecular weight excluding hydrogens is 278 g/mol. The maximum atomic E-state index is 11.7. The van der Waals surface area contributed by atoms with Gasteiger partial charge in [-0.1, -0.05) is 0 Å². The molecule has 20 heavy (non-hydrogen) atoms. The van der Waals surface area contributed by atoms with E-state index in [4.69, 9.17) is 4.74 Å². The Labute approximate surface area is 119 Å². The molecule has 0 N–H and O–H groups in total. The smallest absolute Gasteiger partial charge is 0.211 e. The monoisotopic (exact) mass is 299 g/mol. The number of hydrogen-bond acceptors (Lipinski definition) is 4. The van der Waals surface area contributed by atoms with E-state index in [9.17, 15) is 8.42 Å². The Morgan fingerprint density at radius 3 is 2.75 bits per heavy atom. The Kier molecular flexibility index (Phi) is 3.60. The first-order valence-electron chi connectivity index (χ1n) is 7.00. The van der Waals surface area contributed by atoms with Crippen molar-refractivity contribution in [3.05, 3.63) is 17.0 Å². The van der Waals surface area contributed by atoms with Crippen LogP contribution in [0.25, 0.3) is 0 Å². The number of sulfonamides is 1. The van der Waals surface area contributed by atoms with Crippen molar-refractivity contribution in [2.45, 2.75) is 39.0 Å². The van der Waals surface area contributed by atoms with Crippen LogP contribution in [-0.2, 0) is 40.9 Å². The zero-order valence-corrected chi connectivity index (χ0v) is 12.8. The molecule has 0 spiro atoms. The molecule has 1 aromatic rings. The van der Waals surface area contributed by atoms with Crippen molar-refractivity contribution in [2.75, 3.05) is 19.9 Å². The number of aromatic nitrogens is 2. The highest BCUT2D eigenvalue weighted by molar-refractivity contribution is 7.88. The number of rotatable bonds is 5. The lowest BCUT2D eigenvalue weighted by molar-refractivity contribution is 0.179. The molecule has 2 heterocycles. The van der Waals surface area contributed by atoms with Crippen molar-refractivity contribution < 1.29 is 13.2 Å². The van der Waals surface area contributed by atoms with E-state index in [2.05, 4.69) is 9.78 Å². The van der Waals surface area contributed by atoms with Crippen molar-refractivity contribution in [3.8, 4) is 0 Å². The number of nitrogens with zero attached hydrogens (tertiary/aromatic N) is 3. The molecule has 0 amide bonds. The summed E-state index contributed by atoms with van der Waals surface area (Å²) >= 11 is 0. The van der Waals surface area contributed by atoms with Gasteiger partial charge in [-0.05, 0) is 18.8 Å². The first kappa shape index (κ1) is 14.0. The summed E-state index contributed by atoms with van der Waals surface area (Å²) in [7, 11) is -1.50. The van der Waals surface area contributed by atoms with E-state index in [0.29, 0.717) is 19.7 Å². The fraction of sp³-hybridized carbons (Fsp3) is 0.769. The van der Waals surface area contributed by atoms with Gasteiger partial charge >= 0.3 is 0 Å².